The lowest BCUT2D eigenvalue weighted by Gasteiger charge is -2.13. The summed E-state index contributed by atoms with van der Waals surface area (Å²) in [5, 5.41) is 4.86. The molecule has 3 aromatic carbocycles. The predicted octanol–water partition coefficient (Wildman–Crippen LogP) is 8.87. The molecular weight excluding hydrogens is 649 g/mol. The first kappa shape index (κ1) is 26.4. The molecule has 192 valence electrons. The van der Waals surface area contributed by atoms with Gasteiger partial charge in [0.05, 0.1) is 23.5 Å². The number of halogens is 6. The van der Waals surface area contributed by atoms with Crippen molar-refractivity contribution in [3.63, 3.8) is 0 Å². The predicted molar refractivity (Wildman–Crippen MR) is 147 cm³/mol. The lowest BCUT2D eigenvalue weighted by atomic mass is 10.1. The summed E-state index contributed by atoms with van der Waals surface area (Å²) >= 11 is 13.8. The Hall–Kier alpha value is -3.21. The van der Waals surface area contributed by atoms with E-state index in [1.807, 2.05) is 30.3 Å². The van der Waals surface area contributed by atoms with Crippen molar-refractivity contribution in [1.29, 1.82) is 0 Å². The quantitative estimate of drug-likeness (QED) is 0.188. The molecule has 2 heterocycles. The van der Waals surface area contributed by atoms with Crippen LogP contribution in [0.15, 0.2) is 87.8 Å². The topological polar surface area (TPSA) is 52.8 Å². The van der Waals surface area contributed by atoms with Crippen molar-refractivity contribution in [3.8, 4) is 45.5 Å². The van der Waals surface area contributed by atoms with Crippen LogP contribution in [0.4, 0.5) is 13.2 Å². The van der Waals surface area contributed by atoms with Crippen molar-refractivity contribution >= 4 is 43.5 Å². The first-order valence-electron chi connectivity index (χ1n) is 11.1. The van der Waals surface area contributed by atoms with Crippen molar-refractivity contribution in [2.75, 3.05) is 7.11 Å². The van der Waals surface area contributed by atoms with E-state index in [1.165, 1.54) is 11.8 Å². The van der Waals surface area contributed by atoms with Crippen molar-refractivity contribution < 1.29 is 17.9 Å². The van der Waals surface area contributed by atoms with Crippen LogP contribution in [0.2, 0.25) is 5.02 Å². The van der Waals surface area contributed by atoms with E-state index in [2.05, 4.69) is 46.9 Å². The molecule has 5 aromatic rings. The Morgan fingerprint density at radius 3 is 2.05 bits per heavy atom. The minimum Gasteiger partial charge on any atom is -0.497 e. The molecule has 38 heavy (non-hydrogen) atoms. The van der Waals surface area contributed by atoms with Crippen LogP contribution in [0.25, 0.3) is 39.7 Å². The van der Waals surface area contributed by atoms with Gasteiger partial charge in [0.15, 0.2) is 5.69 Å². The molecule has 0 radical (unpaired) electrons. The van der Waals surface area contributed by atoms with Crippen molar-refractivity contribution in [3.05, 3.63) is 98.5 Å². The monoisotopic (exact) mass is 662 g/mol. The van der Waals surface area contributed by atoms with Crippen molar-refractivity contribution in [1.82, 2.24) is 19.7 Å². The molecule has 0 atom stereocenters. The van der Waals surface area contributed by atoms with E-state index in [4.69, 9.17) is 16.3 Å². The molecule has 0 unspecified atom stereocenters. The molecule has 0 aliphatic rings. The Bertz CT molecular complexity index is 1640. The smallest absolute Gasteiger partial charge is 0.433 e. The number of aromatic nitrogens is 4. The molecule has 0 spiro atoms. The SMILES string of the molecule is COc1ccc(-c2cc(C(F)(F)F)nc(-n3nc(-c4cccc(Br)c4)c(Cl)c3-c3cccc(Br)c3)n2)cc1. The first-order valence-corrected chi connectivity index (χ1v) is 13.0. The number of methoxy groups -OCH3 is 1. The Morgan fingerprint density at radius 1 is 0.816 bits per heavy atom. The van der Waals surface area contributed by atoms with Gasteiger partial charge >= 0.3 is 6.18 Å². The summed E-state index contributed by atoms with van der Waals surface area (Å²) in [7, 11) is 1.51. The van der Waals surface area contributed by atoms with Crippen LogP contribution in [-0.4, -0.2) is 26.9 Å². The molecule has 2 aromatic heterocycles. The van der Waals surface area contributed by atoms with Crippen molar-refractivity contribution in [2.24, 2.45) is 0 Å². The van der Waals surface area contributed by atoms with Crippen LogP contribution in [0.5, 0.6) is 5.75 Å². The zero-order chi connectivity index (χ0) is 27.0. The van der Waals surface area contributed by atoms with Crippen LogP contribution in [0.1, 0.15) is 5.69 Å². The number of rotatable bonds is 5. The average Bonchev–Trinajstić information content (AvgIpc) is 3.25. The Morgan fingerprint density at radius 2 is 1.45 bits per heavy atom. The molecule has 0 aliphatic heterocycles. The zero-order valence-corrected chi connectivity index (χ0v) is 23.4. The molecule has 0 fully saturated rings. The second-order valence-corrected chi connectivity index (χ2v) is 10.3. The van der Waals surface area contributed by atoms with Crippen molar-refractivity contribution in [2.45, 2.75) is 6.18 Å². The van der Waals surface area contributed by atoms with E-state index in [0.29, 0.717) is 33.8 Å². The summed E-state index contributed by atoms with van der Waals surface area (Å²) in [6, 6.07) is 21.9. The Labute approximate surface area is 237 Å². The fourth-order valence-electron chi connectivity index (χ4n) is 3.83. The fourth-order valence-corrected chi connectivity index (χ4v) is 4.97. The third-order valence-electron chi connectivity index (χ3n) is 5.60. The lowest BCUT2D eigenvalue weighted by molar-refractivity contribution is -0.141. The molecule has 0 aliphatic carbocycles. The summed E-state index contributed by atoms with van der Waals surface area (Å²) in [5.41, 5.74) is 1.42. The molecular formula is C27H16Br2ClF3N4O. The molecule has 0 saturated carbocycles. The third-order valence-corrected chi connectivity index (χ3v) is 6.95. The summed E-state index contributed by atoms with van der Waals surface area (Å²) in [4.78, 5) is 8.35. The average molecular weight is 665 g/mol. The normalized spacial score (nSPS) is 11.6. The largest absolute Gasteiger partial charge is 0.497 e. The number of benzene rings is 3. The van der Waals surface area contributed by atoms with Gasteiger partial charge in [0.2, 0.25) is 0 Å². The number of hydrogen-bond donors (Lipinski definition) is 0. The highest BCUT2D eigenvalue weighted by Gasteiger charge is 2.35. The highest BCUT2D eigenvalue weighted by atomic mass is 79.9. The van der Waals surface area contributed by atoms with E-state index in [-0.39, 0.29) is 16.7 Å². The van der Waals surface area contributed by atoms with Gasteiger partial charge in [0, 0.05) is 25.6 Å². The molecule has 11 heteroatoms. The summed E-state index contributed by atoms with van der Waals surface area (Å²) in [6.07, 6.45) is -4.72. The summed E-state index contributed by atoms with van der Waals surface area (Å²) in [5.74, 6) is 0.289. The number of nitrogens with zero attached hydrogens (tertiary/aromatic N) is 4. The van der Waals surface area contributed by atoms with Crippen LogP contribution >= 0.6 is 43.5 Å². The highest BCUT2D eigenvalue weighted by Crippen LogP contribution is 2.40. The van der Waals surface area contributed by atoms with Gasteiger partial charge < -0.3 is 4.74 Å². The Kier molecular flexibility index (Phi) is 7.30. The van der Waals surface area contributed by atoms with E-state index >= 15 is 0 Å². The van der Waals surface area contributed by atoms with Gasteiger partial charge in [-0.1, -0.05) is 67.7 Å². The maximum atomic E-state index is 14.0. The number of hydrogen-bond acceptors (Lipinski definition) is 4. The van der Waals surface area contributed by atoms with Crippen LogP contribution in [0, 0.1) is 0 Å². The third kappa shape index (κ3) is 5.34. The molecule has 0 bridgehead atoms. The Balaban J connectivity index is 1.79. The number of alkyl halides is 3. The van der Waals surface area contributed by atoms with Gasteiger partial charge in [0.25, 0.3) is 5.95 Å². The molecule has 0 N–H and O–H groups in total. The van der Waals surface area contributed by atoms with E-state index in [1.54, 1.807) is 42.5 Å². The molecule has 0 saturated heterocycles. The number of ether oxygens (including phenoxy) is 1. The minimum absolute atomic E-state index is 0.0702. The standard InChI is InChI=1S/C27H16Br2ClF3N4O/c1-38-20-10-8-15(9-11-20)21-14-22(27(31,32)33)35-26(34-21)37-25(17-5-3-7-19(29)13-17)23(30)24(36-37)16-4-2-6-18(28)12-16/h2-14H,1H3. The van der Waals surface area contributed by atoms with E-state index in [9.17, 15) is 13.2 Å². The van der Waals surface area contributed by atoms with E-state index in [0.717, 1.165) is 15.0 Å². The minimum atomic E-state index is -4.72. The summed E-state index contributed by atoms with van der Waals surface area (Å²) < 4.78 is 49.9. The highest BCUT2D eigenvalue weighted by molar-refractivity contribution is 9.10. The first-order chi connectivity index (χ1) is 18.1. The molecule has 5 rings (SSSR count). The zero-order valence-electron chi connectivity index (χ0n) is 19.5. The van der Waals surface area contributed by atoms with Gasteiger partial charge in [-0.05, 0) is 54.6 Å². The maximum Gasteiger partial charge on any atom is 0.433 e. The summed E-state index contributed by atoms with van der Waals surface area (Å²) in [6.45, 7) is 0. The van der Waals surface area contributed by atoms with Gasteiger partial charge in [-0.25, -0.2) is 9.97 Å². The fraction of sp³-hybridized carbons (Fsp3) is 0.0741. The van der Waals surface area contributed by atoms with E-state index < -0.39 is 11.9 Å². The van der Waals surface area contributed by atoms with Gasteiger partial charge in [-0.3, -0.25) is 0 Å². The molecule has 5 nitrogen and oxygen atoms in total. The second kappa shape index (κ2) is 10.5. The van der Waals surface area contributed by atoms with Gasteiger partial charge in [-0.15, -0.1) is 0 Å². The lowest BCUT2D eigenvalue weighted by Crippen LogP contribution is -2.14. The van der Waals surface area contributed by atoms with Gasteiger partial charge in [-0.2, -0.15) is 23.0 Å². The maximum absolute atomic E-state index is 14.0. The molecule has 0 amide bonds. The van der Waals surface area contributed by atoms with Crippen LogP contribution < -0.4 is 4.74 Å². The van der Waals surface area contributed by atoms with Gasteiger partial charge in [0.1, 0.15) is 11.4 Å². The second-order valence-electron chi connectivity index (χ2n) is 8.11. The van der Waals surface area contributed by atoms with Crippen LogP contribution in [-0.2, 0) is 6.18 Å². The van der Waals surface area contributed by atoms with Crippen LogP contribution in [0.3, 0.4) is 0 Å².